The van der Waals surface area contributed by atoms with E-state index in [0.717, 1.165) is 29.7 Å². The Morgan fingerprint density at radius 1 is 1.29 bits per heavy atom. The second-order valence-electron chi connectivity index (χ2n) is 7.04. The van der Waals surface area contributed by atoms with E-state index in [0.29, 0.717) is 37.2 Å². The van der Waals surface area contributed by atoms with Crippen LogP contribution in [0, 0.1) is 6.92 Å². The SMILES string of the molecule is CCOCc1cnc(C)nc1C1CCCN(S(=O)(=O)Cc2ccc(Cl)cc2)C1. The third kappa shape index (κ3) is 5.29. The Hall–Kier alpha value is -1.54. The molecular weight excluding hydrogens is 398 g/mol. The van der Waals surface area contributed by atoms with Gasteiger partial charge in [0.25, 0.3) is 0 Å². The van der Waals surface area contributed by atoms with E-state index in [2.05, 4.69) is 9.97 Å². The van der Waals surface area contributed by atoms with Gasteiger partial charge in [-0.05, 0) is 44.4 Å². The number of nitrogens with zero attached hydrogens (tertiary/aromatic N) is 3. The fourth-order valence-electron chi connectivity index (χ4n) is 3.49. The largest absolute Gasteiger partial charge is 0.377 e. The quantitative estimate of drug-likeness (QED) is 0.679. The number of benzene rings is 1. The molecule has 0 aliphatic carbocycles. The lowest BCUT2D eigenvalue weighted by atomic mass is 9.93. The first-order valence-corrected chi connectivity index (χ1v) is 11.5. The molecule has 0 saturated carbocycles. The van der Waals surface area contributed by atoms with E-state index in [4.69, 9.17) is 16.3 Å². The molecule has 1 saturated heterocycles. The summed E-state index contributed by atoms with van der Waals surface area (Å²) in [5.41, 5.74) is 2.59. The molecule has 1 aliphatic rings. The number of aryl methyl sites for hydroxylation is 1. The van der Waals surface area contributed by atoms with Gasteiger partial charge in [0.15, 0.2) is 0 Å². The maximum absolute atomic E-state index is 13.0. The molecule has 0 bridgehead atoms. The topological polar surface area (TPSA) is 72.4 Å². The molecule has 8 heteroatoms. The molecule has 2 heterocycles. The zero-order chi connectivity index (χ0) is 20.1. The first-order chi connectivity index (χ1) is 13.4. The highest BCUT2D eigenvalue weighted by atomic mass is 35.5. The number of aromatic nitrogens is 2. The molecule has 0 radical (unpaired) electrons. The van der Waals surface area contributed by atoms with Gasteiger partial charge in [0.2, 0.25) is 10.0 Å². The molecule has 0 N–H and O–H groups in total. The normalized spacial score (nSPS) is 18.3. The van der Waals surface area contributed by atoms with E-state index >= 15 is 0 Å². The molecule has 1 aliphatic heterocycles. The Kier molecular flexibility index (Phi) is 7.04. The molecule has 1 aromatic carbocycles. The van der Waals surface area contributed by atoms with Crippen molar-refractivity contribution < 1.29 is 13.2 Å². The summed E-state index contributed by atoms with van der Waals surface area (Å²) >= 11 is 5.90. The van der Waals surface area contributed by atoms with Crippen LogP contribution in [-0.2, 0) is 27.1 Å². The number of ether oxygens (including phenoxy) is 1. The molecule has 1 aromatic heterocycles. The second-order valence-corrected chi connectivity index (χ2v) is 9.45. The lowest BCUT2D eigenvalue weighted by molar-refractivity contribution is 0.132. The average Bonchev–Trinajstić information content (AvgIpc) is 2.69. The summed E-state index contributed by atoms with van der Waals surface area (Å²) in [6.45, 7) is 5.83. The van der Waals surface area contributed by atoms with Crippen LogP contribution in [0.5, 0.6) is 0 Å². The van der Waals surface area contributed by atoms with E-state index in [1.165, 1.54) is 0 Å². The highest BCUT2D eigenvalue weighted by Crippen LogP contribution is 2.30. The van der Waals surface area contributed by atoms with Crippen molar-refractivity contribution >= 4 is 21.6 Å². The van der Waals surface area contributed by atoms with Gasteiger partial charge < -0.3 is 4.74 Å². The first-order valence-electron chi connectivity index (χ1n) is 9.51. The van der Waals surface area contributed by atoms with Gasteiger partial charge in [0.05, 0.1) is 18.1 Å². The number of hydrogen-bond donors (Lipinski definition) is 0. The Morgan fingerprint density at radius 3 is 2.75 bits per heavy atom. The van der Waals surface area contributed by atoms with Crippen LogP contribution in [0.25, 0.3) is 0 Å². The number of sulfonamides is 1. The fraction of sp³-hybridized carbons (Fsp3) is 0.500. The summed E-state index contributed by atoms with van der Waals surface area (Å²) in [4.78, 5) is 8.92. The van der Waals surface area contributed by atoms with E-state index in [9.17, 15) is 8.42 Å². The van der Waals surface area contributed by atoms with Crippen molar-refractivity contribution in [2.45, 2.75) is 45.0 Å². The average molecular weight is 424 g/mol. The van der Waals surface area contributed by atoms with Crippen LogP contribution >= 0.6 is 11.6 Å². The van der Waals surface area contributed by atoms with Gasteiger partial charge in [0, 0.05) is 42.4 Å². The Balaban J connectivity index is 1.78. The van der Waals surface area contributed by atoms with Crippen LogP contribution in [0.2, 0.25) is 5.02 Å². The van der Waals surface area contributed by atoms with Crippen LogP contribution in [0.3, 0.4) is 0 Å². The number of hydrogen-bond acceptors (Lipinski definition) is 5. The van der Waals surface area contributed by atoms with E-state index in [1.807, 2.05) is 13.8 Å². The minimum absolute atomic E-state index is 0.0223. The smallest absolute Gasteiger partial charge is 0.218 e. The molecule has 1 unspecified atom stereocenters. The van der Waals surface area contributed by atoms with Gasteiger partial charge in [-0.25, -0.2) is 22.7 Å². The monoisotopic (exact) mass is 423 g/mol. The Bertz CT molecular complexity index is 903. The van der Waals surface area contributed by atoms with Crippen LogP contribution in [0.1, 0.15) is 48.3 Å². The van der Waals surface area contributed by atoms with Gasteiger partial charge in [-0.1, -0.05) is 23.7 Å². The van der Waals surface area contributed by atoms with Crippen LogP contribution in [0.15, 0.2) is 30.5 Å². The molecule has 6 nitrogen and oxygen atoms in total. The predicted molar refractivity (Wildman–Crippen MR) is 110 cm³/mol. The van der Waals surface area contributed by atoms with Crippen LogP contribution in [-0.4, -0.2) is 42.4 Å². The second kappa shape index (κ2) is 9.31. The Morgan fingerprint density at radius 2 is 2.04 bits per heavy atom. The summed E-state index contributed by atoms with van der Waals surface area (Å²) < 4.78 is 33.1. The van der Waals surface area contributed by atoms with E-state index < -0.39 is 10.0 Å². The first kappa shape index (κ1) is 21.2. The van der Waals surface area contributed by atoms with Crippen LogP contribution < -0.4 is 0 Å². The lowest BCUT2D eigenvalue weighted by Gasteiger charge is -2.32. The maximum Gasteiger partial charge on any atom is 0.218 e. The summed E-state index contributed by atoms with van der Waals surface area (Å²) in [5.74, 6) is 0.716. The third-order valence-electron chi connectivity index (χ3n) is 4.91. The number of halogens is 1. The Labute approximate surface area is 172 Å². The van der Waals surface area contributed by atoms with Crippen molar-refractivity contribution in [3.8, 4) is 0 Å². The predicted octanol–water partition coefficient (Wildman–Crippen LogP) is 3.68. The summed E-state index contributed by atoms with van der Waals surface area (Å²) in [6.07, 6.45) is 3.51. The van der Waals surface area contributed by atoms with Gasteiger partial charge in [0.1, 0.15) is 5.82 Å². The summed E-state index contributed by atoms with van der Waals surface area (Å²) in [6, 6.07) is 6.95. The minimum Gasteiger partial charge on any atom is -0.377 e. The van der Waals surface area contributed by atoms with Gasteiger partial charge in [-0.2, -0.15) is 0 Å². The molecular formula is C20H26ClN3O3S. The third-order valence-corrected chi connectivity index (χ3v) is 6.98. The van der Waals surface area contributed by atoms with Crippen LogP contribution in [0.4, 0.5) is 0 Å². The van der Waals surface area contributed by atoms with Gasteiger partial charge >= 0.3 is 0 Å². The molecule has 2 aromatic rings. The van der Waals surface area contributed by atoms with Gasteiger partial charge in [-0.15, -0.1) is 0 Å². The minimum atomic E-state index is -3.41. The summed E-state index contributed by atoms with van der Waals surface area (Å²) in [5, 5.41) is 0.597. The standard InChI is InChI=1S/C20H26ClN3O3S/c1-3-27-13-18-11-22-15(2)23-20(18)17-5-4-10-24(12-17)28(25,26)14-16-6-8-19(21)9-7-16/h6-9,11,17H,3-5,10,12-14H2,1-2H3. The van der Waals surface area contributed by atoms with E-state index in [-0.39, 0.29) is 11.7 Å². The van der Waals surface area contributed by atoms with Gasteiger partial charge in [-0.3, -0.25) is 0 Å². The molecule has 0 amide bonds. The zero-order valence-corrected chi connectivity index (χ0v) is 17.8. The highest BCUT2D eigenvalue weighted by molar-refractivity contribution is 7.88. The molecule has 3 rings (SSSR count). The van der Waals surface area contributed by atoms with Crippen molar-refractivity contribution in [2.75, 3.05) is 19.7 Å². The molecule has 1 atom stereocenters. The molecule has 0 spiro atoms. The molecule has 1 fully saturated rings. The van der Waals surface area contributed by atoms with E-state index in [1.54, 1.807) is 34.8 Å². The lowest BCUT2D eigenvalue weighted by Crippen LogP contribution is -2.40. The van der Waals surface area contributed by atoms with Crippen molar-refractivity contribution in [3.05, 3.63) is 58.1 Å². The maximum atomic E-state index is 13.0. The van der Waals surface area contributed by atoms with Crippen molar-refractivity contribution in [1.29, 1.82) is 0 Å². The summed E-state index contributed by atoms with van der Waals surface area (Å²) in [7, 11) is -3.41. The zero-order valence-electron chi connectivity index (χ0n) is 16.3. The molecule has 152 valence electrons. The molecule has 28 heavy (non-hydrogen) atoms. The highest BCUT2D eigenvalue weighted by Gasteiger charge is 2.31. The van der Waals surface area contributed by atoms with Crippen molar-refractivity contribution in [2.24, 2.45) is 0 Å². The van der Waals surface area contributed by atoms with Crippen molar-refractivity contribution in [3.63, 3.8) is 0 Å². The number of rotatable bonds is 7. The fourth-order valence-corrected chi connectivity index (χ4v) is 5.23. The number of piperidine rings is 1. The van der Waals surface area contributed by atoms with Crippen molar-refractivity contribution in [1.82, 2.24) is 14.3 Å².